The Kier molecular flexibility index (Phi) is 6.72. The fourth-order valence-electron chi connectivity index (χ4n) is 2.04. The van der Waals surface area contributed by atoms with Crippen molar-refractivity contribution in [3.05, 3.63) is 60.4 Å². The third-order valence-corrected chi connectivity index (χ3v) is 4.85. The first-order valence-corrected chi connectivity index (χ1v) is 9.07. The van der Waals surface area contributed by atoms with E-state index in [9.17, 15) is 12.8 Å². The first-order valence-electron chi connectivity index (χ1n) is 7.59. The number of hydrogen-bond donors (Lipinski definition) is 1. The average Bonchev–Trinajstić information content (AvgIpc) is 2.55. The van der Waals surface area contributed by atoms with Gasteiger partial charge in [0.15, 0.2) is 0 Å². The predicted octanol–water partition coefficient (Wildman–Crippen LogP) is 2.11. The molecule has 1 N–H and O–H groups in total. The molecule has 0 atom stereocenters. The summed E-state index contributed by atoms with van der Waals surface area (Å²) in [7, 11) is -1.61. The molecule has 0 bridgehead atoms. The van der Waals surface area contributed by atoms with E-state index < -0.39 is 10.0 Å². The molecule has 2 aromatic carbocycles. The van der Waals surface area contributed by atoms with Crippen LogP contribution in [-0.2, 0) is 10.0 Å². The molecule has 5 nitrogen and oxygen atoms in total. The number of nitrogens with zero attached hydrogens (tertiary/aromatic N) is 1. The van der Waals surface area contributed by atoms with Gasteiger partial charge in [-0.2, -0.15) is 0 Å². The van der Waals surface area contributed by atoms with E-state index in [2.05, 4.69) is 4.72 Å². The minimum absolute atomic E-state index is 0.252. The van der Waals surface area contributed by atoms with Crippen molar-refractivity contribution in [2.75, 3.05) is 33.3 Å². The summed E-state index contributed by atoms with van der Waals surface area (Å²) in [6, 6.07) is 14.2. The Hall–Kier alpha value is -1.96. The molecule has 0 amide bonds. The van der Waals surface area contributed by atoms with Crippen molar-refractivity contribution in [3.8, 4) is 5.75 Å². The Bertz CT molecular complexity index is 739. The quantitative estimate of drug-likeness (QED) is 0.751. The highest BCUT2D eigenvalue weighted by molar-refractivity contribution is 7.89. The highest BCUT2D eigenvalue weighted by Gasteiger charge is 2.12. The van der Waals surface area contributed by atoms with Gasteiger partial charge in [-0.05, 0) is 31.3 Å². The molecular formula is C17H21FN2O3S. The van der Waals surface area contributed by atoms with E-state index in [0.29, 0.717) is 32.0 Å². The van der Waals surface area contributed by atoms with Crippen LogP contribution >= 0.6 is 0 Å². The number of rotatable bonds is 9. The summed E-state index contributed by atoms with van der Waals surface area (Å²) in [5.74, 6) is 0.143. The van der Waals surface area contributed by atoms with Crippen molar-refractivity contribution in [2.45, 2.75) is 4.90 Å². The van der Waals surface area contributed by atoms with Crippen LogP contribution in [0.1, 0.15) is 0 Å². The second kappa shape index (κ2) is 8.77. The minimum Gasteiger partial charge on any atom is -0.492 e. The maximum absolute atomic E-state index is 13.0. The molecule has 0 saturated heterocycles. The van der Waals surface area contributed by atoms with E-state index in [1.54, 1.807) is 42.5 Å². The Morgan fingerprint density at radius 2 is 1.83 bits per heavy atom. The molecular weight excluding hydrogens is 331 g/mol. The molecule has 0 unspecified atom stereocenters. The van der Waals surface area contributed by atoms with Gasteiger partial charge in [0.1, 0.15) is 18.2 Å². The van der Waals surface area contributed by atoms with Crippen molar-refractivity contribution < 1.29 is 17.5 Å². The van der Waals surface area contributed by atoms with Crippen LogP contribution in [0, 0.1) is 5.82 Å². The molecule has 0 aliphatic carbocycles. The molecule has 0 saturated carbocycles. The summed E-state index contributed by atoms with van der Waals surface area (Å²) < 4.78 is 45.1. The average molecular weight is 352 g/mol. The second-order valence-electron chi connectivity index (χ2n) is 5.32. The molecule has 0 aliphatic heterocycles. The van der Waals surface area contributed by atoms with E-state index in [-0.39, 0.29) is 10.7 Å². The summed E-state index contributed by atoms with van der Waals surface area (Å²) >= 11 is 0. The van der Waals surface area contributed by atoms with Crippen LogP contribution < -0.4 is 9.46 Å². The van der Waals surface area contributed by atoms with Crippen molar-refractivity contribution in [3.63, 3.8) is 0 Å². The standard InChI is InChI=1S/C17H21FN2O3S/c1-20(12-13-23-16-7-5-6-15(18)14-16)11-10-19-24(21,22)17-8-3-2-4-9-17/h2-9,14,19H,10-13H2,1H3. The third-order valence-electron chi connectivity index (χ3n) is 3.38. The maximum atomic E-state index is 13.0. The van der Waals surface area contributed by atoms with Crippen LogP contribution in [0.2, 0.25) is 0 Å². The molecule has 0 heterocycles. The Morgan fingerprint density at radius 1 is 1.08 bits per heavy atom. The fourth-order valence-corrected chi connectivity index (χ4v) is 3.08. The lowest BCUT2D eigenvalue weighted by molar-refractivity contribution is 0.239. The lowest BCUT2D eigenvalue weighted by atomic mass is 10.3. The fraction of sp³-hybridized carbons (Fsp3) is 0.294. The molecule has 2 rings (SSSR count). The van der Waals surface area contributed by atoms with E-state index in [1.165, 1.54) is 12.1 Å². The number of sulfonamides is 1. The number of hydrogen-bond acceptors (Lipinski definition) is 4. The van der Waals surface area contributed by atoms with Gasteiger partial charge in [0.25, 0.3) is 0 Å². The van der Waals surface area contributed by atoms with E-state index >= 15 is 0 Å². The molecule has 2 aromatic rings. The molecule has 0 spiro atoms. The largest absolute Gasteiger partial charge is 0.492 e. The second-order valence-corrected chi connectivity index (χ2v) is 7.09. The van der Waals surface area contributed by atoms with Crippen molar-refractivity contribution in [1.29, 1.82) is 0 Å². The Labute approximate surface area is 142 Å². The van der Waals surface area contributed by atoms with Crippen LogP contribution in [-0.4, -0.2) is 46.6 Å². The Balaban J connectivity index is 1.69. The maximum Gasteiger partial charge on any atom is 0.240 e. The summed E-state index contributed by atoms with van der Waals surface area (Å²) in [5.41, 5.74) is 0. The Morgan fingerprint density at radius 3 is 2.54 bits per heavy atom. The van der Waals surface area contributed by atoms with Gasteiger partial charge < -0.3 is 9.64 Å². The summed E-state index contributed by atoms with van der Waals surface area (Å²) in [6.07, 6.45) is 0. The molecule has 7 heteroatoms. The van der Waals surface area contributed by atoms with Gasteiger partial charge in [0, 0.05) is 25.7 Å². The van der Waals surface area contributed by atoms with Crippen LogP contribution in [0.15, 0.2) is 59.5 Å². The van der Waals surface area contributed by atoms with Gasteiger partial charge in [-0.15, -0.1) is 0 Å². The summed E-state index contributed by atoms with van der Waals surface area (Å²) in [4.78, 5) is 2.19. The SMILES string of the molecule is CN(CCNS(=O)(=O)c1ccccc1)CCOc1cccc(F)c1. The zero-order valence-electron chi connectivity index (χ0n) is 13.5. The molecule has 0 aliphatic rings. The highest BCUT2D eigenvalue weighted by atomic mass is 32.2. The van der Waals surface area contributed by atoms with Crippen molar-refractivity contribution >= 4 is 10.0 Å². The zero-order chi connectivity index (χ0) is 17.4. The third kappa shape index (κ3) is 5.92. The van der Waals surface area contributed by atoms with E-state index in [1.807, 2.05) is 11.9 Å². The van der Waals surface area contributed by atoms with E-state index in [4.69, 9.17) is 4.74 Å². The highest BCUT2D eigenvalue weighted by Crippen LogP contribution is 2.11. The van der Waals surface area contributed by atoms with E-state index in [0.717, 1.165) is 0 Å². The van der Waals surface area contributed by atoms with Crippen LogP contribution in [0.3, 0.4) is 0 Å². The lowest BCUT2D eigenvalue weighted by Crippen LogP contribution is -2.34. The lowest BCUT2D eigenvalue weighted by Gasteiger charge is -2.17. The van der Waals surface area contributed by atoms with Gasteiger partial charge in [-0.3, -0.25) is 0 Å². The van der Waals surface area contributed by atoms with Gasteiger partial charge >= 0.3 is 0 Å². The molecule has 130 valence electrons. The normalized spacial score (nSPS) is 11.6. The monoisotopic (exact) mass is 352 g/mol. The molecule has 24 heavy (non-hydrogen) atoms. The smallest absolute Gasteiger partial charge is 0.240 e. The zero-order valence-corrected chi connectivity index (χ0v) is 14.3. The first-order chi connectivity index (χ1) is 11.5. The summed E-state index contributed by atoms with van der Waals surface area (Å²) in [6.45, 7) is 1.83. The van der Waals surface area contributed by atoms with Crippen LogP contribution in [0.25, 0.3) is 0 Å². The first kappa shape index (κ1) is 18.4. The van der Waals surface area contributed by atoms with Crippen molar-refractivity contribution in [2.24, 2.45) is 0 Å². The van der Waals surface area contributed by atoms with Gasteiger partial charge in [-0.25, -0.2) is 17.5 Å². The van der Waals surface area contributed by atoms with Gasteiger partial charge in [0.2, 0.25) is 10.0 Å². The van der Waals surface area contributed by atoms with Crippen LogP contribution in [0.5, 0.6) is 5.75 Å². The summed E-state index contributed by atoms with van der Waals surface area (Å²) in [5, 5.41) is 0. The predicted molar refractivity (Wildman–Crippen MR) is 91.0 cm³/mol. The molecule has 0 radical (unpaired) electrons. The number of benzene rings is 2. The number of nitrogens with one attached hydrogen (secondary N) is 1. The topological polar surface area (TPSA) is 58.6 Å². The molecule has 0 fully saturated rings. The number of ether oxygens (including phenoxy) is 1. The van der Waals surface area contributed by atoms with Crippen LogP contribution in [0.4, 0.5) is 4.39 Å². The van der Waals surface area contributed by atoms with Gasteiger partial charge in [-0.1, -0.05) is 24.3 Å². The number of likely N-dealkylation sites (N-methyl/N-ethyl adjacent to an activating group) is 1. The molecule has 0 aromatic heterocycles. The number of halogens is 1. The van der Waals surface area contributed by atoms with Gasteiger partial charge in [0.05, 0.1) is 4.90 Å². The minimum atomic E-state index is -3.47. The van der Waals surface area contributed by atoms with Crippen molar-refractivity contribution in [1.82, 2.24) is 9.62 Å².